The number of rotatable bonds is 6. The monoisotopic (exact) mass is 389 g/mol. The zero-order valence-electron chi connectivity index (χ0n) is 14.8. The predicted molar refractivity (Wildman–Crippen MR) is 98.8 cm³/mol. The molecule has 1 aromatic heterocycles. The van der Waals surface area contributed by atoms with Gasteiger partial charge in [-0.05, 0) is 24.3 Å². The number of aromatic nitrogens is 2. The molecule has 140 valence electrons. The Morgan fingerprint density at radius 3 is 2.33 bits per heavy atom. The van der Waals surface area contributed by atoms with Crippen molar-refractivity contribution in [1.82, 2.24) is 10.2 Å². The number of hydrogen-bond acceptors (Lipinski definition) is 7. The summed E-state index contributed by atoms with van der Waals surface area (Å²) in [6.45, 7) is 0. The molecule has 8 nitrogen and oxygen atoms in total. The second-order valence-corrected chi connectivity index (χ2v) is 5.69. The molecule has 1 N–H and O–H groups in total. The predicted octanol–water partition coefficient (Wildman–Crippen LogP) is 3.67. The van der Waals surface area contributed by atoms with E-state index in [1.54, 1.807) is 37.4 Å². The van der Waals surface area contributed by atoms with Gasteiger partial charge in [-0.15, -0.1) is 10.2 Å². The Bertz CT molecular complexity index is 956. The number of ether oxygens (including phenoxy) is 3. The van der Waals surface area contributed by atoms with E-state index < -0.39 is 5.91 Å². The van der Waals surface area contributed by atoms with Gasteiger partial charge in [-0.3, -0.25) is 4.79 Å². The van der Waals surface area contributed by atoms with Gasteiger partial charge in [-0.25, -0.2) is 0 Å². The topological polar surface area (TPSA) is 95.7 Å². The molecule has 0 aliphatic heterocycles. The molecule has 0 atom stereocenters. The van der Waals surface area contributed by atoms with Gasteiger partial charge in [0.2, 0.25) is 5.89 Å². The number of nitrogens with zero attached hydrogens (tertiary/aromatic N) is 2. The Balaban J connectivity index is 1.82. The first kappa shape index (κ1) is 18.5. The number of benzene rings is 2. The minimum Gasteiger partial charge on any atom is -0.497 e. The van der Waals surface area contributed by atoms with Crippen LogP contribution in [0.1, 0.15) is 10.7 Å². The smallest absolute Gasteiger partial charge is 0.313 e. The Kier molecular flexibility index (Phi) is 5.46. The van der Waals surface area contributed by atoms with Gasteiger partial charge < -0.3 is 23.9 Å². The van der Waals surface area contributed by atoms with Crippen LogP contribution in [0.5, 0.6) is 17.2 Å². The molecule has 2 aromatic carbocycles. The second kappa shape index (κ2) is 7.96. The van der Waals surface area contributed by atoms with Gasteiger partial charge in [-0.1, -0.05) is 11.6 Å². The van der Waals surface area contributed by atoms with E-state index in [-0.39, 0.29) is 11.8 Å². The lowest BCUT2D eigenvalue weighted by Gasteiger charge is -2.12. The van der Waals surface area contributed by atoms with E-state index in [1.165, 1.54) is 20.3 Å². The molecule has 0 unspecified atom stereocenters. The average molecular weight is 390 g/mol. The van der Waals surface area contributed by atoms with E-state index in [0.29, 0.717) is 33.5 Å². The number of anilines is 1. The molecular formula is C18H16ClN3O5. The maximum Gasteiger partial charge on any atom is 0.313 e. The molecule has 1 heterocycles. The van der Waals surface area contributed by atoms with Gasteiger partial charge in [0.15, 0.2) is 0 Å². The standard InChI is InChI=1S/C18H16ClN3O5/c1-24-11-6-4-10(5-7-11)17-21-22-18(27-17)16(23)20-13-9-14(25-2)12(19)8-15(13)26-3/h4-9H,1-3H3,(H,20,23). The van der Waals surface area contributed by atoms with Crippen LogP contribution in [0.2, 0.25) is 5.02 Å². The SMILES string of the molecule is COc1ccc(-c2nnc(C(=O)Nc3cc(OC)c(Cl)cc3OC)o2)cc1. The lowest BCUT2D eigenvalue weighted by atomic mass is 10.2. The normalized spacial score (nSPS) is 10.4. The molecule has 0 fully saturated rings. The molecule has 0 saturated carbocycles. The highest BCUT2D eigenvalue weighted by Gasteiger charge is 2.19. The molecule has 0 saturated heterocycles. The third-order valence-electron chi connectivity index (χ3n) is 3.68. The van der Waals surface area contributed by atoms with Gasteiger partial charge in [0, 0.05) is 17.7 Å². The maximum atomic E-state index is 12.5. The van der Waals surface area contributed by atoms with Crippen molar-refractivity contribution in [2.75, 3.05) is 26.6 Å². The Morgan fingerprint density at radius 2 is 1.70 bits per heavy atom. The van der Waals surface area contributed by atoms with Crippen molar-refractivity contribution < 1.29 is 23.4 Å². The van der Waals surface area contributed by atoms with Crippen LogP contribution < -0.4 is 19.5 Å². The first-order valence-electron chi connectivity index (χ1n) is 7.76. The van der Waals surface area contributed by atoms with E-state index in [9.17, 15) is 4.79 Å². The van der Waals surface area contributed by atoms with Crippen molar-refractivity contribution in [2.24, 2.45) is 0 Å². The zero-order valence-corrected chi connectivity index (χ0v) is 15.5. The fourth-order valence-electron chi connectivity index (χ4n) is 2.30. The minimum absolute atomic E-state index is 0.197. The van der Waals surface area contributed by atoms with E-state index >= 15 is 0 Å². The van der Waals surface area contributed by atoms with Crippen LogP contribution in [0.25, 0.3) is 11.5 Å². The molecule has 0 bridgehead atoms. The third-order valence-corrected chi connectivity index (χ3v) is 3.97. The first-order chi connectivity index (χ1) is 13.0. The quantitative estimate of drug-likeness (QED) is 0.687. The number of nitrogens with one attached hydrogen (secondary N) is 1. The molecule has 1 amide bonds. The number of halogens is 1. The van der Waals surface area contributed by atoms with E-state index in [1.807, 2.05) is 0 Å². The first-order valence-corrected chi connectivity index (χ1v) is 8.14. The van der Waals surface area contributed by atoms with Crippen LogP contribution in [-0.4, -0.2) is 37.4 Å². The summed E-state index contributed by atoms with van der Waals surface area (Å²) in [6, 6.07) is 10.1. The summed E-state index contributed by atoms with van der Waals surface area (Å²) in [4.78, 5) is 12.5. The lowest BCUT2D eigenvalue weighted by molar-refractivity contribution is 0.0990. The number of carbonyl (C=O) groups excluding carboxylic acids is 1. The van der Waals surface area contributed by atoms with Gasteiger partial charge in [0.05, 0.1) is 32.0 Å². The molecule has 0 spiro atoms. The van der Waals surface area contributed by atoms with Crippen LogP contribution >= 0.6 is 11.6 Å². The minimum atomic E-state index is -0.593. The molecule has 3 rings (SSSR count). The highest BCUT2D eigenvalue weighted by atomic mass is 35.5. The summed E-state index contributed by atoms with van der Waals surface area (Å²) in [7, 11) is 4.50. The summed E-state index contributed by atoms with van der Waals surface area (Å²) in [5, 5.41) is 10.7. The molecule has 27 heavy (non-hydrogen) atoms. The van der Waals surface area contributed by atoms with Gasteiger partial charge in [0.1, 0.15) is 17.2 Å². The summed E-state index contributed by atoms with van der Waals surface area (Å²) < 4.78 is 20.9. The molecule has 9 heteroatoms. The lowest BCUT2D eigenvalue weighted by Crippen LogP contribution is -2.13. The summed E-state index contributed by atoms with van der Waals surface area (Å²) in [5.41, 5.74) is 1.01. The summed E-state index contributed by atoms with van der Waals surface area (Å²) in [5.74, 6) is 0.867. The second-order valence-electron chi connectivity index (χ2n) is 5.28. The molecule has 0 radical (unpaired) electrons. The van der Waals surface area contributed by atoms with Crippen LogP contribution in [0.15, 0.2) is 40.8 Å². The molecule has 0 aliphatic rings. The van der Waals surface area contributed by atoms with Gasteiger partial charge >= 0.3 is 11.8 Å². The number of methoxy groups -OCH3 is 3. The van der Waals surface area contributed by atoms with Crippen molar-refractivity contribution in [1.29, 1.82) is 0 Å². The van der Waals surface area contributed by atoms with Crippen molar-refractivity contribution in [3.63, 3.8) is 0 Å². The highest BCUT2D eigenvalue weighted by molar-refractivity contribution is 6.32. The zero-order chi connectivity index (χ0) is 19.4. The van der Waals surface area contributed by atoms with E-state index in [4.69, 9.17) is 30.2 Å². The van der Waals surface area contributed by atoms with Crippen LogP contribution in [0, 0.1) is 0 Å². The van der Waals surface area contributed by atoms with Crippen LogP contribution in [0.4, 0.5) is 5.69 Å². The number of hydrogen-bond donors (Lipinski definition) is 1. The van der Waals surface area contributed by atoms with Crippen molar-refractivity contribution in [3.05, 3.63) is 47.3 Å². The van der Waals surface area contributed by atoms with Crippen molar-refractivity contribution in [2.45, 2.75) is 0 Å². The Hall–Kier alpha value is -3.26. The third kappa shape index (κ3) is 3.95. The summed E-state index contributed by atoms with van der Waals surface area (Å²) >= 11 is 6.06. The molecule has 0 aliphatic carbocycles. The van der Waals surface area contributed by atoms with E-state index in [0.717, 1.165) is 0 Å². The van der Waals surface area contributed by atoms with Gasteiger partial charge in [0.25, 0.3) is 0 Å². The average Bonchev–Trinajstić information content (AvgIpc) is 3.19. The maximum absolute atomic E-state index is 12.5. The summed E-state index contributed by atoms with van der Waals surface area (Å²) in [6.07, 6.45) is 0. The Morgan fingerprint density at radius 1 is 1.00 bits per heavy atom. The van der Waals surface area contributed by atoms with Crippen molar-refractivity contribution in [3.8, 4) is 28.7 Å². The largest absolute Gasteiger partial charge is 0.497 e. The fraction of sp³-hybridized carbons (Fsp3) is 0.167. The highest BCUT2D eigenvalue weighted by Crippen LogP contribution is 2.36. The van der Waals surface area contributed by atoms with E-state index in [2.05, 4.69) is 15.5 Å². The molecular weight excluding hydrogens is 374 g/mol. The van der Waals surface area contributed by atoms with Crippen molar-refractivity contribution >= 4 is 23.2 Å². The molecule has 3 aromatic rings. The van der Waals surface area contributed by atoms with Gasteiger partial charge in [-0.2, -0.15) is 0 Å². The fourth-order valence-corrected chi connectivity index (χ4v) is 2.53. The Labute approximate surface area is 160 Å². The van der Waals surface area contributed by atoms with Crippen LogP contribution in [-0.2, 0) is 0 Å². The van der Waals surface area contributed by atoms with Crippen LogP contribution in [0.3, 0.4) is 0 Å². The number of carbonyl (C=O) groups is 1. The number of amides is 1.